The number of fused-ring (bicyclic) bond motifs is 1. The number of piperazine rings is 1. The van der Waals surface area contributed by atoms with E-state index in [0.717, 1.165) is 37.2 Å². The molecule has 2 aliphatic rings. The number of nitrogens with one attached hydrogen (secondary N) is 2. The molecule has 2 amide bonds. The highest BCUT2D eigenvalue weighted by Crippen LogP contribution is 2.34. The standard InChI is InChI=1S/C33H40FN7O4/c1-38-20-27(26-18-36-41(31(26)32(38)42)19-22-4-6-25(44-2)7-5-22)23-16-29(34)28(30(17-23)45-3)21-39-12-14-40(15-13-39)33(43)37-24-8-10-35-11-9-24/h4-7,16-18,20,24,35H,8-15,19,21H2,1-3H3,(H,37,43). The van der Waals surface area contributed by atoms with Gasteiger partial charge in [0.2, 0.25) is 0 Å². The molecule has 11 nitrogen and oxygen atoms in total. The van der Waals surface area contributed by atoms with E-state index >= 15 is 4.39 Å². The van der Waals surface area contributed by atoms with E-state index in [1.165, 1.54) is 17.7 Å². The highest BCUT2D eigenvalue weighted by atomic mass is 19.1. The Morgan fingerprint density at radius 1 is 1.04 bits per heavy atom. The first-order valence-electron chi connectivity index (χ1n) is 15.4. The van der Waals surface area contributed by atoms with E-state index in [0.29, 0.717) is 72.6 Å². The topological polar surface area (TPSA) is 106 Å². The number of ether oxygens (including phenoxy) is 2. The van der Waals surface area contributed by atoms with Gasteiger partial charge in [0.25, 0.3) is 5.56 Å². The molecule has 2 N–H and O–H groups in total. The Balaban J connectivity index is 1.20. The molecule has 4 heterocycles. The first-order chi connectivity index (χ1) is 21.8. The van der Waals surface area contributed by atoms with E-state index in [-0.39, 0.29) is 23.4 Å². The van der Waals surface area contributed by atoms with Crippen molar-refractivity contribution >= 4 is 16.9 Å². The molecule has 0 unspecified atom stereocenters. The van der Waals surface area contributed by atoms with Crippen LogP contribution in [0, 0.1) is 5.82 Å². The van der Waals surface area contributed by atoms with E-state index in [4.69, 9.17) is 9.47 Å². The van der Waals surface area contributed by atoms with E-state index in [2.05, 4.69) is 20.6 Å². The Morgan fingerprint density at radius 3 is 2.47 bits per heavy atom. The van der Waals surface area contributed by atoms with Gasteiger partial charge in [-0.05, 0) is 61.3 Å². The molecule has 0 radical (unpaired) electrons. The second-order valence-corrected chi connectivity index (χ2v) is 11.7. The number of carbonyl (C=O) groups is 1. The van der Waals surface area contributed by atoms with Gasteiger partial charge in [0.05, 0.1) is 27.0 Å². The van der Waals surface area contributed by atoms with Crippen LogP contribution in [0.2, 0.25) is 0 Å². The fourth-order valence-corrected chi connectivity index (χ4v) is 6.22. The lowest BCUT2D eigenvalue weighted by atomic mass is 10.0. The summed E-state index contributed by atoms with van der Waals surface area (Å²) in [5.74, 6) is 0.797. The van der Waals surface area contributed by atoms with Crippen LogP contribution in [0.25, 0.3) is 22.0 Å². The maximum Gasteiger partial charge on any atom is 0.317 e. The van der Waals surface area contributed by atoms with E-state index in [9.17, 15) is 9.59 Å². The molecule has 6 rings (SSSR count). The van der Waals surface area contributed by atoms with Crippen LogP contribution in [0.4, 0.5) is 9.18 Å². The number of amides is 2. The van der Waals surface area contributed by atoms with E-state index < -0.39 is 0 Å². The molecule has 4 aromatic rings. The van der Waals surface area contributed by atoms with Crippen LogP contribution in [0.1, 0.15) is 24.0 Å². The zero-order valence-electron chi connectivity index (χ0n) is 26.0. The average molecular weight is 618 g/mol. The van der Waals surface area contributed by atoms with E-state index in [1.807, 2.05) is 35.2 Å². The van der Waals surface area contributed by atoms with Crippen molar-refractivity contribution in [1.29, 1.82) is 0 Å². The van der Waals surface area contributed by atoms with Gasteiger partial charge >= 0.3 is 6.03 Å². The molecule has 0 bridgehead atoms. The van der Waals surface area contributed by atoms with Gasteiger partial charge in [-0.1, -0.05) is 12.1 Å². The van der Waals surface area contributed by atoms with Gasteiger partial charge in [-0.15, -0.1) is 0 Å². The number of halogens is 1. The summed E-state index contributed by atoms with van der Waals surface area (Å²) in [6.07, 6.45) is 5.26. The minimum absolute atomic E-state index is 0.0226. The highest BCUT2D eigenvalue weighted by molar-refractivity contribution is 5.94. The number of hydrogen-bond acceptors (Lipinski definition) is 7. The monoisotopic (exact) mass is 617 g/mol. The van der Waals surface area contributed by atoms with Crippen LogP contribution >= 0.6 is 0 Å². The number of methoxy groups -OCH3 is 2. The molecular weight excluding hydrogens is 577 g/mol. The van der Waals surface area contributed by atoms with E-state index in [1.54, 1.807) is 31.2 Å². The lowest BCUT2D eigenvalue weighted by molar-refractivity contribution is 0.130. The van der Waals surface area contributed by atoms with Crippen molar-refractivity contribution in [1.82, 2.24) is 34.8 Å². The lowest BCUT2D eigenvalue weighted by Gasteiger charge is -2.36. The fourth-order valence-electron chi connectivity index (χ4n) is 6.22. The fraction of sp³-hybridized carbons (Fsp3) is 0.424. The van der Waals surface area contributed by atoms with Crippen LogP contribution in [-0.2, 0) is 20.1 Å². The summed E-state index contributed by atoms with van der Waals surface area (Å²) in [5.41, 5.74) is 2.96. The second-order valence-electron chi connectivity index (χ2n) is 11.7. The van der Waals surface area contributed by atoms with Crippen LogP contribution in [-0.4, -0.2) is 89.7 Å². The molecular formula is C33H40FN7O4. The molecule has 0 atom stereocenters. The number of benzene rings is 2. The third-order valence-corrected chi connectivity index (χ3v) is 8.86. The number of hydrogen-bond donors (Lipinski definition) is 2. The molecule has 12 heteroatoms. The first kappa shape index (κ1) is 30.6. The second kappa shape index (κ2) is 13.3. The number of urea groups is 1. The Kier molecular flexibility index (Phi) is 9.04. The number of aromatic nitrogens is 3. The van der Waals surface area contributed by atoms with Gasteiger partial charge < -0.3 is 29.6 Å². The van der Waals surface area contributed by atoms with Gasteiger partial charge in [-0.3, -0.25) is 14.4 Å². The lowest BCUT2D eigenvalue weighted by Crippen LogP contribution is -2.54. The molecule has 2 saturated heterocycles. The average Bonchev–Trinajstić information content (AvgIpc) is 3.48. The van der Waals surface area contributed by atoms with Gasteiger partial charge in [0.15, 0.2) is 0 Å². The summed E-state index contributed by atoms with van der Waals surface area (Å²) < 4.78 is 30.0. The van der Waals surface area contributed by atoms with Crippen molar-refractivity contribution in [2.75, 3.05) is 53.5 Å². The number of rotatable bonds is 8. The first-order valence-corrected chi connectivity index (χ1v) is 15.4. The minimum Gasteiger partial charge on any atom is -0.497 e. The smallest absolute Gasteiger partial charge is 0.317 e. The number of nitrogens with zero attached hydrogens (tertiary/aromatic N) is 5. The van der Waals surface area contributed by atoms with Crippen molar-refractivity contribution in [3.05, 3.63) is 76.1 Å². The van der Waals surface area contributed by atoms with Gasteiger partial charge in [-0.2, -0.15) is 5.10 Å². The predicted octanol–water partition coefficient (Wildman–Crippen LogP) is 3.19. The zero-order valence-corrected chi connectivity index (χ0v) is 26.0. The zero-order chi connectivity index (χ0) is 31.5. The number of aryl methyl sites for hydroxylation is 1. The summed E-state index contributed by atoms with van der Waals surface area (Å²) in [7, 11) is 4.84. The molecule has 2 aromatic carbocycles. The summed E-state index contributed by atoms with van der Waals surface area (Å²) in [6.45, 7) is 5.04. The van der Waals surface area contributed by atoms with Crippen LogP contribution in [0.5, 0.6) is 11.5 Å². The Hall–Kier alpha value is -4.42. The van der Waals surface area contributed by atoms with Crippen LogP contribution in [0.15, 0.2) is 53.6 Å². The van der Waals surface area contributed by atoms with Crippen LogP contribution in [0.3, 0.4) is 0 Å². The van der Waals surface area contributed by atoms with Crippen molar-refractivity contribution in [3.63, 3.8) is 0 Å². The van der Waals surface area contributed by atoms with Gasteiger partial charge in [0, 0.05) is 68.5 Å². The van der Waals surface area contributed by atoms with Crippen molar-refractivity contribution in [2.24, 2.45) is 7.05 Å². The minimum atomic E-state index is -0.386. The van der Waals surface area contributed by atoms with Gasteiger partial charge in [-0.25, -0.2) is 9.18 Å². The Morgan fingerprint density at radius 2 is 1.78 bits per heavy atom. The van der Waals surface area contributed by atoms with Gasteiger partial charge in [0.1, 0.15) is 22.8 Å². The normalized spacial score (nSPS) is 16.2. The highest BCUT2D eigenvalue weighted by Gasteiger charge is 2.26. The molecule has 0 aliphatic carbocycles. The summed E-state index contributed by atoms with van der Waals surface area (Å²) in [5, 5.41) is 11.6. The Labute approximate surface area is 261 Å². The Bertz CT molecular complexity index is 1720. The number of carbonyl (C=O) groups excluding carboxylic acids is 1. The maximum atomic E-state index is 15.9. The summed E-state index contributed by atoms with van der Waals surface area (Å²) in [6, 6.07) is 11.1. The number of pyridine rings is 1. The molecule has 0 spiro atoms. The quantitative estimate of drug-likeness (QED) is 0.313. The van der Waals surface area contributed by atoms with Crippen molar-refractivity contribution in [2.45, 2.75) is 32.0 Å². The van der Waals surface area contributed by atoms with Crippen LogP contribution < -0.4 is 25.7 Å². The molecule has 2 aliphatic heterocycles. The maximum absolute atomic E-state index is 15.9. The molecule has 2 fully saturated rings. The van der Waals surface area contributed by atoms with Crippen molar-refractivity contribution < 1.29 is 18.7 Å². The largest absolute Gasteiger partial charge is 0.497 e. The molecule has 238 valence electrons. The van der Waals surface area contributed by atoms with Crippen molar-refractivity contribution in [3.8, 4) is 22.6 Å². The number of piperidine rings is 1. The summed E-state index contributed by atoms with van der Waals surface area (Å²) >= 11 is 0. The SMILES string of the molecule is COc1ccc(Cn2ncc3c(-c4cc(F)c(CN5CCN(C(=O)NC6CCNCC6)CC5)c(OC)c4)cn(C)c(=O)c32)cc1. The third kappa shape index (κ3) is 6.52. The molecule has 0 saturated carbocycles. The summed E-state index contributed by atoms with van der Waals surface area (Å²) in [4.78, 5) is 30.0. The molecule has 2 aromatic heterocycles. The third-order valence-electron chi connectivity index (χ3n) is 8.86. The predicted molar refractivity (Wildman–Crippen MR) is 170 cm³/mol. The molecule has 45 heavy (non-hydrogen) atoms.